The smallest absolute Gasteiger partial charge is 0.256 e. The Bertz CT molecular complexity index is 520. The van der Waals surface area contributed by atoms with Crippen molar-refractivity contribution in [3.8, 4) is 0 Å². The van der Waals surface area contributed by atoms with Gasteiger partial charge in [0.05, 0.1) is 16.3 Å². The largest absolute Gasteiger partial charge is 0.397 e. The first-order chi connectivity index (χ1) is 9.66. The second-order valence-electron chi connectivity index (χ2n) is 5.64. The fourth-order valence-corrected chi connectivity index (χ4v) is 3.41. The molecule has 0 aromatic heterocycles. The number of rotatable bonds is 1. The number of nitrogens with two attached hydrogens (primary N) is 1. The van der Waals surface area contributed by atoms with Crippen LogP contribution in [0.3, 0.4) is 0 Å². The van der Waals surface area contributed by atoms with Gasteiger partial charge >= 0.3 is 0 Å². The zero-order valence-corrected chi connectivity index (χ0v) is 12.3. The van der Waals surface area contributed by atoms with Gasteiger partial charge in [-0.3, -0.25) is 9.69 Å². The molecule has 4 nitrogen and oxygen atoms in total. The number of carbonyl (C=O) groups is 1. The first-order valence-corrected chi connectivity index (χ1v) is 7.62. The van der Waals surface area contributed by atoms with Gasteiger partial charge in [0.1, 0.15) is 0 Å². The number of para-hydroxylation sites is 1. The van der Waals surface area contributed by atoms with Gasteiger partial charge in [0.15, 0.2) is 0 Å². The van der Waals surface area contributed by atoms with Crippen LogP contribution < -0.4 is 5.73 Å². The fraction of sp³-hybridized carbons (Fsp3) is 0.533. The van der Waals surface area contributed by atoms with E-state index in [1.165, 1.54) is 25.8 Å². The van der Waals surface area contributed by atoms with Crippen molar-refractivity contribution in [3.05, 3.63) is 28.8 Å². The van der Waals surface area contributed by atoms with E-state index in [1.54, 1.807) is 18.2 Å². The molecule has 2 fully saturated rings. The third-order valence-corrected chi connectivity index (χ3v) is 4.74. The van der Waals surface area contributed by atoms with Crippen LogP contribution in [-0.4, -0.2) is 47.9 Å². The summed E-state index contributed by atoms with van der Waals surface area (Å²) in [4.78, 5) is 17.0. The Morgan fingerprint density at radius 3 is 2.95 bits per heavy atom. The van der Waals surface area contributed by atoms with Crippen molar-refractivity contribution in [1.82, 2.24) is 9.80 Å². The minimum absolute atomic E-state index is 0.00947. The lowest BCUT2D eigenvalue weighted by Gasteiger charge is -2.44. The quantitative estimate of drug-likeness (QED) is 0.808. The Labute approximate surface area is 124 Å². The Morgan fingerprint density at radius 2 is 2.10 bits per heavy atom. The van der Waals surface area contributed by atoms with Crippen LogP contribution in [0.25, 0.3) is 0 Å². The Balaban J connectivity index is 1.76. The van der Waals surface area contributed by atoms with E-state index in [0.29, 0.717) is 22.3 Å². The molecular formula is C15H20ClN3O. The van der Waals surface area contributed by atoms with Crippen LogP contribution in [0.1, 0.15) is 29.6 Å². The molecule has 2 aliphatic heterocycles. The van der Waals surface area contributed by atoms with Crippen LogP contribution in [0.15, 0.2) is 18.2 Å². The molecule has 108 valence electrons. The molecule has 1 unspecified atom stereocenters. The van der Waals surface area contributed by atoms with Gasteiger partial charge in [0, 0.05) is 25.7 Å². The average molecular weight is 294 g/mol. The van der Waals surface area contributed by atoms with Crippen LogP contribution in [0.2, 0.25) is 5.02 Å². The highest BCUT2D eigenvalue weighted by atomic mass is 35.5. The number of amides is 1. The van der Waals surface area contributed by atoms with Crippen molar-refractivity contribution < 1.29 is 4.79 Å². The molecule has 3 rings (SSSR count). The molecule has 1 aromatic carbocycles. The zero-order chi connectivity index (χ0) is 14.1. The summed E-state index contributed by atoms with van der Waals surface area (Å²) in [7, 11) is 0. The van der Waals surface area contributed by atoms with Gasteiger partial charge < -0.3 is 10.6 Å². The van der Waals surface area contributed by atoms with Gasteiger partial charge in [0.25, 0.3) is 5.91 Å². The predicted molar refractivity (Wildman–Crippen MR) is 81.0 cm³/mol. The topological polar surface area (TPSA) is 49.6 Å². The van der Waals surface area contributed by atoms with Gasteiger partial charge in [-0.15, -0.1) is 0 Å². The maximum atomic E-state index is 12.6. The fourth-order valence-electron chi connectivity index (χ4n) is 3.23. The second-order valence-corrected chi connectivity index (χ2v) is 6.05. The van der Waals surface area contributed by atoms with Gasteiger partial charge in [-0.25, -0.2) is 0 Å². The predicted octanol–water partition coefficient (Wildman–Crippen LogP) is 2.23. The summed E-state index contributed by atoms with van der Waals surface area (Å²) in [6, 6.07) is 5.77. The number of carbonyl (C=O) groups excluding carboxylic acids is 1. The van der Waals surface area contributed by atoms with Gasteiger partial charge in [-0.05, 0) is 31.5 Å². The summed E-state index contributed by atoms with van der Waals surface area (Å²) in [6.45, 7) is 3.73. The second kappa shape index (κ2) is 5.62. The highest BCUT2D eigenvalue weighted by Gasteiger charge is 2.31. The lowest BCUT2D eigenvalue weighted by atomic mass is 9.99. The number of nitrogens with zero attached hydrogens (tertiary/aromatic N) is 2. The van der Waals surface area contributed by atoms with Crippen molar-refractivity contribution in [2.75, 3.05) is 31.9 Å². The molecule has 2 aliphatic rings. The average Bonchev–Trinajstić information content (AvgIpc) is 2.49. The lowest BCUT2D eigenvalue weighted by Crippen LogP contribution is -2.56. The maximum Gasteiger partial charge on any atom is 0.256 e. The van der Waals surface area contributed by atoms with Crippen LogP contribution in [-0.2, 0) is 0 Å². The van der Waals surface area contributed by atoms with E-state index in [0.717, 1.165) is 19.6 Å². The number of piperidine rings is 1. The molecule has 1 amide bonds. The molecule has 2 saturated heterocycles. The molecule has 0 spiro atoms. The number of anilines is 1. The molecule has 0 bridgehead atoms. The molecule has 0 aliphatic carbocycles. The van der Waals surface area contributed by atoms with Gasteiger partial charge in [-0.2, -0.15) is 0 Å². The third-order valence-electron chi connectivity index (χ3n) is 4.41. The van der Waals surface area contributed by atoms with Crippen molar-refractivity contribution in [2.24, 2.45) is 0 Å². The summed E-state index contributed by atoms with van der Waals surface area (Å²) in [5.74, 6) is 0.00947. The Hall–Kier alpha value is -1.26. The van der Waals surface area contributed by atoms with Crippen LogP contribution in [0.4, 0.5) is 5.69 Å². The molecule has 20 heavy (non-hydrogen) atoms. The minimum Gasteiger partial charge on any atom is -0.397 e. The standard InChI is InChI=1S/C15H20ClN3O/c16-13-6-3-5-12(14(13)17)15(20)19-9-8-18-7-2-1-4-11(18)10-19/h3,5-6,11H,1-2,4,7-10,17H2. The zero-order valence-electron chi connectivity index (χ0n) is 11.5. The number of hydrogen-bond donors (Lipinski definition) is 1. The summed E-state index contributed by atoms with van der Waals surface area (Å²) >= 11 is 6.00. The van der Waals surface area contributed by atoms with E-state index in [1.807, 2.05) is 4.90 Å². The van der Waals surface area contributed by atoms with E-state index in [4.69, 9.17) is 17.3 Å². The number of piperazine rings is 1. The van der Waals surface area contributed by atoms with Crippen LogP contribution in [0.5, 0.6) is 0 Å². The highest BCUT2D eigenvalue weighted by Crippen LogP contribution is 2.26. The molecule has 2 heterocycles. The molecular weight excluding hydrogens is 274 g/mol. The molecule has 5 heteroatoms. The first-order valence-electron chi connectivity index (χ1n) is 7.24. The van der Waals surface area contributed by atoms with Crippen molar-refractivity contribution >= 4 is 23.2 Å². The lowest BCUT2D eigenvalue weighted by molar-refractivity contribution is 0.0373. The van der Waals surface area contributed by atoms with Crippen molar-refractivity contribution in [3.63, 3.8) is 0 Å². The number of benzene rings is 1. The van der Waals surface area contributed by atoms with E-state index >= 15 is 0 Å². The third kappa shape index (κ3) is 2.50. The van der Waals surface area contributed by atoms with Crippen LogP contribution in [0, 0.1) is 0 Å². The number of halogens is 1. The SMILES string of the molecule is Nc1c(Cl)cccc1C(=O)N1CCN2CCCCC2C1. The summed E-state index contributed by atoms with van der Waals surface area (Å²) in [6.07, 6.45) is 3.74. The van der Waals surface area contributed by atoms with Crippen LogP contribution >= 0.6 is 11.6 Å². The summed E-state index contributed by atoms with van der Waals surface area (Å²) in [5.41, 5.74) is 6.86. The first kappa shape index (κ1) is 13.7. The normalized spacial score (nSPS) is 23.4. The summed E-state index contributed by atoms with van der Waals surface area (Å²) in [5, 5.41) is 0.451. The molecule has 0 saturated carbocycles. The van der Waals surface area contributed by atoms with E-state index in [-0.39, 0.29) is 5.91 Å². The monoisotopic (exact) mass is 293 g/mol. The Kier molecular flexibility index (Phi) is 3.85. The molecule has 1 aromatic rings. The molecule has 1 atom stereocenters. The summed E-state index contributed by atoms with van der Waals surface area (Å²) < 4.78 is 0. The van der Waals surface area contributed by atoms with Gasteiger partial charge in [-0.1, -0.05) is 24.1 Å². The molecule has 0 radical (unpaired) electrons. The minimum atomic E-state index is 0.00947. The van der Waals surface area contributed by atoms with Gasteiger partial charge in [0.2, 0.25) is 0 Å². The maximum absolute atomic E-state index is 12.6. The van der Waals surface area contributed by atoms with E-state index < -0.39 is 0 Å². The highest BCUT2D eigenvalue weighted by molar-refractivity contribution is 6.33. The van der Waals surface area contributed by atoms with E-state index in [2.05, 4.69) is 4.90 Å². The number of fused-ring (bicyclic) bond motifs is 1. The van der Waals surface area contributed by atoms with Crippen molar-refractivity contribution in [1.29, 1.82) is 0 Å². The van der Waals surface area contributed by atoms with Crippen molar-refractivity contribution in [2.45, 2.75) is 25.3 Å². The Morgan fingerprint density at radius 1 is 1.25 bits per heavy atom. The van der Waals surface area contributed by atoms with E-state index in [9.17, 15) is 4.79 Å². The number of hydrogen-bond acceptors (Lipinski definition) is 3. The molecule has 2 N–H and O–H groups in total. The number of nitrogen functional groups attached to an aromatic ring is 1.